The zero-order chi connectivity index (χ0) is 24.6. The Morgan fingerprint density at radius 3 is 2.59 bits per heavy atom. The van der Waals surface area contributed by atoms with Crippen molar-refractivity contribution in [1.82, 2.24) is 14.8 Å². The van der Waals surface area contributed by atoms with Crippen molar-refractivity contribution >= 4 is 45.6 Å². The minimum Gasteiger partial charge on any atom is -0.294 e. The molecule has 0 spiro atoms. The van der Waals surface area contributed by atoms with E-state index in [-0.39, 0.29) is 41.1 Å². The van der Waals surface area contributed by atoms with Crippen LogP contribution in [0.2, 0.25) is 10.0 Å². The van der Waals surface area contributed by atoms with Crippen LogP contribution in [-0.4, -0.2) is 42.0 Å². The van der Waals surface area contributed by atoms with Crippen LogP contribution in [0.3, 0.4) is 0 Å². The number of alkyl halides is 2. The second-order valence-electron chi connectivity index (χ2n) is 8.09. The number of carbonyl (C=O) groups is 2. The normalized spacial score (nSPS) is 17.6. The molecule has 1 aromatic carbocycles. The molecule has 0 N–H and O–H groups in total. The van der Waals surface area contributed by atoms with E-state index in [0.29, 0.717) is 33.2 Å². The Labute approximate surface area is 206 Å². The van der Waals surface area contributed by atoms with Gasteiger partial charge in [-0.15, -0.1) is 0 Å². The van der Waals surface area contributed by atoms with E-state index >= 15 is 0 Å². The SMILES string of the molecule is Cc1cc(Cl)cc(C(=O)CC2CS(=O)C2)c1CC(=O)c1cc(C(F)F)nn1-c1ncccc1Cl. The molecule has 0 bridgehead atoms. The number of hydrogen-bond donors (Lipinski definition) is 0. The molecule has 4 rings (SSSR count). The van der Waals surface area contributed by atoms with Crippen LogP contribution >= 0.6 is 23.2 Å². The fourth-order valence-electron chi connectivity index (χ4n) is 3.87. The molecule has 0 atom stereocenters. The van der Waals surface area contributed by atoms with Gasteiger partial charge in [-0.25, -0.2) is 18.4 Å². The number of nitrogens with zero attached hydrogens (tertiary/aromatic N) is 3. The molecule has 1 aliphatic rings. The molecule has 34 heavy (non-hydrogen) atoms. The predicted molar refractivity (Wildman–Crippen MR) is 126 cm³/mol. The first-order valence-electron chi connectivity index (χ1n) is 10.3. The maximum absolute atomic E-state index is 13.4. The Kier molecular flexibility index (Phi) is 7.25. The Bertz CT molecular complexity index is 1300. The van der Waals surface area contributed by atoms with Gasteiger partial charge >= 0.3 is 0 Å². The van der Waals surface area contributed by atoms with Gasteiger partial charge in [0.25, 0.3) is 6.43 Å². The number of halogens is 4. The summed E-state index contributed by atoms with van der Waals surface area (Å²) in [5, 5.41) is 4.33. The maximum Gasteiger partial charge on any atom is 0.282 e. The smallest absolute Gasteiger partial charge is 0.282 e. The molecule has 0 saturated carbocycles. The molecule has 11 heteroatoms. The number of hydrogen-bond acceptors (Lipinski definition) is 5. The molecule has 0 aliphatic carbocycles. The molecule has 6 nitrogen and oxygen atoms in total. The molecule has 178 valence electrons. The highest BCUT2D eigenvalue weighted by Crippen LogP contribution is 2.29. The van der Waals surface area contributed by atoms with Crippen LogP contribution in [-0.2, 0) is 17.2 Å². The van der Waals surface area contributed by atoms with Crippen LogP contribution in [0.15, 0.2) is 36.5 Å². The Morgan fingerprint density at radius 2 is 1.94 bits per heavy atom. The maximum atomic E-state index is 13.4. The summed E-state index contributed by atoms with van der Waals surface area (Å²) in [5.74, 6) is 0.272. The molecule has 1 aliphatic heterocycles. The first-order valence-corrected chi connectivity index (χ1v) is 12.6. The van der Waals surface area contributed by atoms with Gasteiger partial charge in [-0.3, -0.25) is 13.8 Å². The van der Waals surface area contributed by atoms with Crippen molar-refractivity contribution in [2.75, 3.05) is 11.5 Å². The van der Waals surface area contributed by atoms with Crippen molar-refractivity contribution < 1.29 is 22.6 Å². The van der Waals surface area contributed by atoms with Crippen LogP contribution in [0, 0.1) is 12.8 Å². The number of aromatic nitrogens is 3. The van der Waals surface area contributed by atoms with E-state index in [4.69, 9.17) is 23.2 Å². The Balaban J connectivity index is 1.70. The van der Waals surface area contributed by atoms with Crippen molar-refractivity contribution in [2.45, 2.75) is 26.2 Å². The van der Waals surface area contributed by atoms with Crippen LogP contribution < -0.4 is 0 Å². The largest absolute Gasteiger partial charge is 0.294 e. The summed E-state index contributed by atoms with van der Waals surface area (Å²) in [4.78, 5) is 30.4. The summed E-state index contributed by atoms with van der Waals surface area (Å²) >= 11 is 12.4. The Hall–Kier alpha value is -2.49. The third-order valence-electron chi connectivity index (χ3n) is 5.57. The summed E-state index contributed by atoms with van der Waals surface area (Å²) in [6, 6.07) is 7.23. The number of rotatable bonds is 8. The third kappa shape index (κ3) is 5.11. The summed E-state index contributed by atoms with van der Waals surface area (Å²) in [7, 11) is -0.888. The van der Waals surface area contributed by atoms with Crippen molar-refractivity contribution in [3.05, 3.63) is 74.7 Å². The van der Waals surface area contributed by atoms with Gasteiger partial charge in [0, 0.05) is 51.9 Å². The third-order valence-corrected chi connectivity index (χ3v) is 7.77. The van der Waals surface area contributed by atoms with Crippen molar-refractivity contribution in [2.24, 2.45) is 5.92 Å². The lowest BCUT2D eigenvalue weighted by Gasteiger charge is -2.24. The van der Waals surface area contributed by atoms with E-state index in [1.807, 2.05) is 0 Å². The molecule has 1 saturated heterocycles. The van der Waals surface area contributed by atoms with E-state index in [9.17, 15) is 22.6 Å². The standard InChI is InChI=1S/C23H19Cl2F2N3O3S/c1-12-5-14(24)7-16(20(31)6-13-10-34(33)11-13)15(12)8-21(32)19-9-18(22(26)27)29-30(19)23-17(25)3-2-4-28-23/h2-5,7,9,13,22H,6,8,10-11H2,1H3. The highest BCUT2D eigenvalue weighted by molar-refractivity contribution is 7.86. The van der Waals surface area contributed by atoms with Gasteiger partial charge in [-0.1, -0.05) is 23.2 Å². The van der Waals surface area contributed by atoms with Crippen LogP contribution in [0.4, 0.5) is 8.78 Å². The van der Waals surface area contributed by atoms with Crippen LogP contribution in [0.1, 0.15) is 50.5 Å². The molecule has 0 unspecified atom stereocenters. The van der Waals surface area contributed by atoms with Crippen molar-refractivity contribution in [3.8, 4) is 5.82 Å². The Morgan fingerprint density at radius 1 is 1.21 bits per heavy atom. The van der Waals surface area contributed by atoms with Crippen molar-refractivity contribution in [1.29, 1.82) is 0 Å². The number of carbonyl (C=O) groups excluding carboxylic acids is 2. The zero-order valence-electron chi connectivity index (χ0n) is 17.9. The molecule has 3 aromatic rings. The van der Waals surface area contributed by atoms with Crippen molar-refractivity contribution in [3.63, 3.8) is 0 Å². The fourth-order valence-corrected chi connectivity index (χ4v) is 5.54. The van der Waals surface area contributed by atoms with Gasteiger partial charge in [-0.05, 0) is 54.3 Å². The summed E-state index contributed by atoms with van der Waals surface area (Å²) in [6.07, 6.45) is -1.53. The first-order chi connectivity index (χ1) is 16.1. The second kappa shape index (κ2) is 10.0. The number of ketones is 2. The van der Waals surface area contributed by atoms with E-state index in [0.717, 1.165) is 10.7 Å². The molecular weight excluding hydrogens is 507 g/mol. The zero-order valence-corrected chi connectivity index (χ0v) is 20.3. The lowest BCUT2D eigenvalue weighted by Crippen LogP contribution is -2.33. The topological polar surface area (TPSA) is 81.9 Å². The average Bonchev–Trinajstić information content (AvgIpc) is 3.20. The monoisotopic (exact) mass is 525 g/mol. The quantitative estimate of drug-likeness (QED) is 0.377. The van der Waals surface area contributed by atoms with E-state index in [1.165, 1.54) is 18.3 Å². The lowest BCUT2D eigenvalue weighted by atomic mass is 9.91. The number of pyridine rings is 1. The first kappa shape index (κ1) is 24.6. The molecule has 1 fully saturated rings. The van der Waals surface area contributed by atoms with Gasteiger partial charge in [-0.2, -0.15) is 5.10 Å². The van der Waals surface area contributed by atoms with Gasteiger partial charge in [0.2, 0.25) is 0 Å². The van der Waals surface area contributed by atoms with Crippen LogP contribution in [0.5, 0.6) is 0 Å². The highest BCUT2D eigenvalue weighted by Gasteiger charge is 2.30. The lowest BCUT2D eigenvalue weighted by molar-refractivity contribution is 0.0965. The average molecular weight is 526 g/mol. The number of aryl methyl sites for hydroxylation is 1. The summed E-state index contributed by atoms with van der Waals surface area (Å²) in [6.45, 7) is 1.72. The van der Waals surface area contributed by atoms with E-state index in [1.54, 1.807) is 19.1 Å². The molecule has 3 heterocycles. The molecule has 0 amide bonds. The summed E-state index contributed by atoms with van der Waals surface area (Å²) < 4.78 is 39.2. The number of benzene rings is 1. The highest BCUT2D eigenvalue weighted by atomic mass is 35.5. The summed E-state index contributed by atoms with van der Waals surface area (Å²) in [5.41, 5.74) is 0.660. The molecular formula is C23H19Cl2F2N3O3S. The van der Waals surface area contributed by atoms with Gasteiger partial charge in [0.15, 0.2) is 17.4 Å². The second-order valence-corrected chi connectivity index (χ2v) is 10.5. The van der Waals surface area contributed by atoms with Gasteiger partial charge in [0.05, 0.1) is 5.02 Å². The van der Waals surface area contributed by atoms with E-state index < -0.39 is 28.7 Å². The minimum atomic E-state index is -2.90. The predicted octanol–water partition coefficient (Wildman–Crippen LogP) is 5.20. The molecule has 2 aromatic heterocycles. The van der Waals surface area contributed by atoms with Gasteiger partial charge < -0.3 is 0 Å². The minimum absolute atomic E-state index is 0.0255. The van der Waals surface area contributed by atoms with Crippen LogP contribution in [0.25, 0.3) is 5.82 Å². The van der Waals surface area contributed by atoms with Gasteiger partial charge in [0.1, 0.15) is 11.4 Å². The van der Waals surface area contributed by atoms with E-state index in [2.05, 4.69) is 10.1 Å². The fraction of sp³-hybridized carbons (Fsp3) is 0.304. The number of Topliss-reactive ketones (excluding diaryl/α,β-unsaturated/α-hetero) is 2. The molecule has 0 radical (unpaired) electrons.